The average Bonchev–Trinajstić information content (AvgIpc) is 1.62. The normalized spacial score (nSPS) is 12.9. The maximum atomic E-state index is 8.44. The standard InChI is InChI=1S/C4H10O4.H2O.Ti/c1-2-3(5)4(6,7)8;;/h3,5-8H,2H2,1H3;1H2;. The molecule has 62 valence electrons. The van der Waals surface area contributed by atoms with E-state index in [1.165, 1.54) is 6.92 Å². The molecule has 5 nitrogen and oxygen atoms in total. The summed E-state index contributed by atoms with van der Waals surface area (Å²) in [6, 6.07) is 0. The molecule has 10 heavy (non-hydrogen) atoms. The fourth-order valence-electron chi connectivity index (χ4n) is 0.274. The van der Waals surface area contributed by atoms with Gasteiger partial charge in [0.1, 0.15) is 6.10 Å². The topological polar surface area (TPSA) is 112 Å². The van der Waals surface area contributed by atoms with Crippen molar-refractivity contribution in [3.63, 3.8) is 0 Å². The molecule has 0 aromatic rings. The maximum Gasteiger partial charge on any atom is 0.302 e. The van der Waals surface area contributed by atoms with Gasteiger partial charge in [0, 0.05) is 21.7 Å². The van der Waals surface area contributed by atoms with E-state index in [2.05, 4.69) is 0 Å². The number of hydrogen-bond donors (Lipinski definition) is 4. The zero-order valence-corrected chi connectivity index (χ0v) is 7.13. The Balaban J connectivity index is -0.000000245. The number of hydrogen-bond acceptors (Lipinski definition) is 4. The first kappa shape index (κ1) is 16.9. The summed E-state index contributed by atoms with van der Waals surface area (Å²) in [4.78, 5) is 0. The summed E-state index contributed by atoms with van der Waals surface area (Å²) in [5.41, 5.74) is 0. The third-order valence-electron chi connectivity index (χ3n) is 0.834. The van der Waals surface area contributed by atoms with Crippen molar-refractivity contribution in [3.8, 4) is 0 Å². The van der Waals surface area contributed by atoms with Gasteiger partial charge in [-0.2, -0.15) is 0 Å². The number of aliphatic hydroxyl groups is 4. The molecule has 0 saturated carbocycles. The Labute approximate surface area is 73.5 Å². The van der Waals surface area contributed by atoms with Gasteiger partial charge in [-0.1, -0.05) is 6.92 Å². The van der Waals surface area contributed by atoms with Crippen molar-refractivity contribution in [2.24, 2.45) is 0 Å². The van der Waals surface area contributed by atoms with Crippen molar-refractivity contribution in [1.82, 2.24) is 0 Å². The van der Waals surface area contributed by atoms with E-state index in [-0.39, 0.29) is 33.6 Å². The first-order chi connectivity index (χ1) is 3.48. The smallest absolute Gasteiger partial charge is 0.302 e. The van der Waals surface area contributed by atoms with Crippen LogP contribution in [0.1, 0.15) is 13.3 Å². The van der Waals surface area contributed by atoms with Crippen LogP contribution >= 0.6 is 0 Å². The zero-order valence-electron chi connectivity index (χ0n) is 5.57. The monoisotopic (exact) mass is 188 g/mol. The first-order valence-electron chi connectivity index (χ1n) is 2.33. The van der Waals surface area contributed by atoms with Crippen LogP contribution in [0.2, 0.25) is 0 Å². The van der Waals surface area contributed by atoms with Crippen LogP contribution in [0.25, 0.3) is 0 Å². The third-order valence-corrected chi connectivity index (χ3v) is 0.834. The summed E-state index contributed by atoms with van der Waals surface area (Å²) in [6.45, 7) is 1.52. The Hall–Kier alpha value is 0.514. The van der Waals surface area contributed by atoms with Gasteiger partial charge in [0.05, 0.1) is 0 Å². The number of rotatable bonds is 2. The van der Waals surface area contributed by atoms with Crippen LogP contribution in [-0.2, 0) is 21.7 Å². The molecule has 0 bridgehead atoms. The molecular weight excluding hydrogens is 176 g/mol. The SMILES string of the molecule is CCC(O)C(O)(O)O.O.[Ti]. The largest absolute Gasteiger partial charge is 0.412 e. The van der Waals surface area contributed by atoms with Crippen LogP contribution in [0, 0.1) is 0 Å². The van der Waals surface area contributed by atoms with E-state index in [0.29, 0.717) is 0 Å². The van der Waals surface area contributed by atoms with Crippen molar-refractivity contribution in [1.29, 1.82) is 0 Å². The molecule has 0 spiro atoms. The van der Waals surface area contributed by atoms with Crippen molar-refractivity contribution >= 4 is 0 Å². The Kier molecular flexibility index (Phi) is 10.5. The fraction of sp³-hybridized carbons (Fsp3) is 1.00. The summed E-state index contributed by atoms with van der Waals surface area (Å²) >= 11 is 0. The van der Waals surface area contributed by atoms with Crippen LogP contribution in [0.5, 0.6) is 0 Å². The van der Waals surface area contributed by atoms with E-state index in [4.69, 9.17) is 20.4 Å². The molecule has 0 aliphatic rings. The Morgan fingerprint density at radius 3 is 1.60 bits per heavy atom. The predicted molar refractivity (Wildman–Crippen MR) is 29.3 cm³/mol. The van der Waals surface area contributed by atoms with E-state index in [0.717, 1.165) is 0 Å². The molecule has 0 amide bonds. The van der Waals surface area contributed by atoms with Crippen molar-refractivity contribution in [2.75, 3.05) is 0 Å². The molecule has 0 aliphatic heterocycles. The summed E-state index contributed by atoms with van der Waals surface area (Å²) in [5.74, 6) is -2.94. The van der Waals surface area contributed by atoms with E-state index >= 15 is 0 Å². The quantitative estimate of drug-likeness (QED) is 0.285. The fourth-order valence-corrected chi connectivity index (χ4v) is 0.274. The summed E-state index contributed by atoms with van der Waals surface area (Å²) in [6.07, 6.45) is -1.38. The third kappa shape index (κ3) is 6.63. The Morgan fingerprint density at radius 1 is 1.30 bits per heavy atom. The maximum absolute atomic E-state index is 8.44. The predicted octanol–water partition coefficient (Wildman–Crippen LogP) is -2.44. The molecule has 6 N–H and O–H groups in total. The van der Waals surface area contributed by atoms with Crippen LogP contribution in [0.3, 0.4) is 0 Å². The molecule has 0 aromatic carbocycles. The first-order valence-corrected chi connectivity index (χ1v) is 2.33. The molecule has 0 fully saturated rings. The van der Waals surface area contributed by atoms with E-state index in [1.807, 2.05) is 0 Å². The summed E-state index contributed by atoms with van der Waals surface area (Å²) in [5, 5.41) is 32.9. The minimum atomic E-state index is -2.94. The van der Waals surface area contributed by atoms with Gasteiger partial charge in [0.15, 0.2) is 0 Å². The molecule has 1 atom stereocenters. The van der Waals surface area contributed by atoms with Gasteiger partial charge in [-0.05, 0) is 6.42 Å². The second-order valence-electron chi connectivity index (χ2n) is 1.61. The van der Waals surface area contributed by atoms with E-state index in [1.54, 1.807) is 0 Å². The van der Waals surface area contributed by atoms with Crippen molar-refractivity contribution in [2.45, 2.75) is 25.4 Å². The molecule has 0 saturated heterocycles. The average molecular weight is 188 g/mol. The molecule has 1 unspecified atom stereocenters. The van der Waals surface area contributed by atoms with Gasteiger partial charge in [-0.15, -0.1) is 0 Å². The second-order valence-corrected chi connectivity index (χ2v) is 1.61. The molecule has 0 radical (unpaired) electrons. The molecule has 0 rings (SSSR count). The van der Waals surface area contributed by atoms with Gasteiger partial charge in [0.25, 0.3) is 0 Å². The minimum Gasteiger partial charge on any atom is -0.412 e. The van der Waals surface area contributed by atoms with Gasteiger partial charge < -0.3 is 25.9 Å². The van der Waals surface area contributed by atoms with Crippen LogP contribution < -0.4 is 0 Å². The number of aliphatic hydroxyl groups excluding tert-OH is 1. The molecule has 0 aliphatic carbocycles. The van der Waals surface area contributed by atoms with Crippen LogP contribution in [0.15, 0.2) is 0 Å². The van der Waals surface area contributed by atoms with Gasteiger partial charge in [-0.3, -0.25) is 0 Å². The van der Waals surface area contributed by atoms with Crippen molar-refractivity contribution < 1.29 is 47.6 Å². The molecule has 0 aromatic heterocycles. The van der Waals surface area contributed by atoms with Crippen molar-refractivity contribution in [3.05, 3.63) is 0 Å². The van der Waals surface area contributed by atoms with Gasteiger partial charge in [0.2, 0.25) is 0 Å². The zero-order chi connectivity index (χ0) is 6.78. The molecule has 0 heterocycles. The minimum absolute atomic E-state index is 0. The van der Waals surface area contributed by atoms with Crippen LogP contribution in [0.4, 0.5) is 0 Å². The Morgan fingerprint density at radius 2 is 1.60 bits per heavy atom. The van der Waals surface area contributed by atoms with Crippen LogP contribution in [-0.4, -0.2) is 38.0 Å². The van der Waals surface area contributed by atoms with E-state index in [9.17, 15) is 0 Å². The van der Waals surface area contributed by atoms with E-state index < -0.39 is 12.1 Å². The van der Waals surface area contributed by atoms with Gasteiger partial charge in [-0.25, -0.2) is 0 Å². The van der Waals surface area contributed by atoms with Gasteiger partial charge >= 0.3 is 5.97 Å². The molecule has 6 heteroatoms. The Bertz CT molecular complexity index is 70.5. The second kappa shape index (κ2) is 6.24. The summed E-state index contributed by atoms with van der Waals surface area (Å²) in [7, 11) is 0. The molecular formula is C4H12O5Ti. The summed E-state index contributed by atoms with van der Waals surface area (Å²) < 4.78 is 0.